The van der Waals surface area contributed by atoms with Gasteiger partial charge in [0.05, 0.1) is 12.6 Å². The predicted octanol–water partition coefficient (Wildman–Crippen LogP) is 1.63. The van der Waals surface area contributed by atoms with Crippen molar-refractivity contribution in [1.82, 2.24) is 4.98 Å². The lowest BCUT2D eigenvalue weighted by atomic mass is 10.1. The highest BCUT2D eigenvalue weighted by atomic mass is 19.3. The Morgan fingerprint density at radius 3 is 2.53 bits per heavy atom. The van der Waals surface area contributed by atoms with E-state index in [1.165, 1.54) is 0 Å². The molecular weight excluding hydrogens is 211 g/mol. The molecule has 3 nitrogen and oxygen atoms in total. The van der Waals surface area contributed by atoms with Gasteiger partial charge >= 0.3 is 0 Å². The Hall–Kier alpha value is -1.72. The lowest BCUT2D eigenvalue weighted by Gasteiger charge is -1.99. The second kappa shape index (κ2) is 4.68. The SMILES string of the molecule is O=C(CC(=O)C(F)F)c1cncc(F)c1. The summed E-state index contributed by atoms with van der Waals surface area (Å²) in [7, 11) is 0. The first-order valence-electron chi connectivity index (χ1n) is 3.95. The molecule has 0 atom stereocenters. The maximum atomic E-state index is 12.6. The van der Waals surface area contributed by atoms with Crippen molar-refractivity contribution < 1.29 is 22.8 Å². The normalized spacial score (nSPS) is 10.4. The molecule has 0 N–H and O–H groups in total. The van der Waals surface area contributed by atoms with E-state index < -0.39 is 30.2 Å². The number of alkyl halides is 2. The van der Waals surface area contributed by atoms with Crippen molar-refractivity contribution in [3.05, 3.63) is 29.8 Å². The third kappa shape index (κ3) is 3.16. The van der Waals surface area contributed by atoms with Crippen LogP contribution in [0.5, 0.6) is 0 Å². The fraction of sp³-hybridized carbons (Fsp3) is 0.222. The average molecular weight is 217 g/mol. The van der Waals surface area contributed by atoms with Crippen LogP contribution in [0.25, 0.3) is 0 Å². The Balaban J connectivity index is 2.74. The molecule has 0 aliphatic heterocycles. The molecule has 1 heterocycles. The number of carbonyl (C=O) groups excluding carboxylic acids is 2. The molecular formula is C9H6F3NO2. The van der Waals surface area contributed by atoms with Gasteiger partial charge in [0, 0.05) is 11.8 Å². The first-order chi connectivity index (χ1) is 7.00. The van der Waals surface area contributed by atoms with E-state index in [-0.39, 0.29) is 5.56 Å². The molecule has 0 aromatic carbocycles. The molecule has 80 valence electrons. The van der Waals surface area contributed by atoms with Crippen molar-refractivity contribution in [2.75, 3.05) is 0 Å². The van der Waals surface area contributed by atoms with E-state index in [0.717, 1.165) is 18.5 Å². The van der Waals surface area contributed by atoms with Gasteiger partial charge in [0.2, 0.25) is 5.78 Å². The fourth-order valence-corrected chi connectivity index (χ4v) is 0.902. The fourth-order valence-electron chi connectivity index (χ4n) is 0.902. The molecule has 0 saturated carbocycles. The highest BCUT2D eigenvalue weighted by Crippen LogP contribution is 2.07. The number of hydrogen-bond donors (Lipinski definition) is 0. The Labute approximate surface area is 82.9 Å². The molecule has 0 unspecified atom stereocenters. The zero-order valence-corrected chi connectivity index (χ0v) is 7.41. The van der Waals surface area contributed by atoms with Crippen molar-refractivity contribution in [3.8, 4) is 0 Å². The lowest BCUT2D eigenvalue weighted by Crippen LogP contribution is -2.15. The highest BCUT2D eigenvalue weighted by molar-refractivity contribution is 6.08. The summed E-state index contributed by atoms with van der Waals surface area (Å²) in [6, 6.07) is 0.841. The quantitative estimate of drug-likeness (QED) is 0.568. The monoisotopic (exact) mass is 217 g/mol. The van der Waals surface area contributed by atoms with Crippen molar-refractivity contribution in [2.24, 2.45) is 0 Å². The Morgan fingerprint density at radius 1 is 1.33 bits per heavy atom. The molecule has 0 bridgehead atoms. The molecule has 6 heteroatoms. The molecule has 1 aromatic rings. The molecule has 0 spiro atoms. The Kier molecular flexibility index (Phi) is 3.54. The molecule has 0 radical (unpaired) electrons. The van der Waals surface area contributed by atoms with Gasteiger partial charge in [-0.25, -0.2) is 13.2 Å². The number of pyridine rings is 1. The minimum atomic E-state index is -3.18. The van der Waals surface area contributed by atoms with Gasteiger partial charge in [-0.1, -0.05) is 0 Å². The van der Waals surface area contributed by atoms with E-state index in [1.807, 2.05) is 0 Å². The predicted molar refractivity (Wildman–Crippen MR) is 44.2 cm³/mol. The van der Waals surface area contributed by atoms with Gasteiger partial charge in [0.1, 0.15) is 5.82 Å². The highest BCUT2D eigenvalue weighted by Gasteiger charge is 2.20. The van der Waals surface area contributed by atoms with Crippen LogP contribution < -0.4 is 0 Å². The summed E-state index contributed by atoms with van der Waals surface area (Å²) in [6.07, 6.45) is -2.24. The van der Waals surface area contributed by atoms with Crippen LogP contribution in [0.2, 0.25) is 0 Å². The van der Waals surface area contributed by atoms with E-state index in [9.17, 15) is 22.8 Å². The smallest absolute Gasteiger partial charge is 0.294 e. The van der Waals surface area contributed by atoms with Crippen LogP contribution >= 0.6 is 0 Å². The van der Waals surface area contributed by atoms with E-state index in [2.05, 4.69) is 4.98 Å². The number of rotatable bonds is 4. The van der Waals surface area contributed by atoms with Crippen LogP contribution in [-0.2, 0) is 4.79 Å². The van der Waals surface area contributed by atoms with Crippen molar-refractivity contribution >= 4 is 11.6 Å². The number of Topliss-reactive ketones (excluding diaryl/α,β-unsaturated/α-hetero) is 2. The lowest BCUT2D eigenvalue weighted by molar-refractivity contribution is -0.128. The molecule has 0 amide bonds. The third-order valence-corrected chi connectivity index (χ3v) is 1.61. The molecule has 1 aromatic heterocycles. The number of hydrogen-bond acceptors (Lipinski definition) is 3. The number of ketones is 2. The van der Waals surface area contributed by atoms with E-state index in [0.29, 0.717) is 0 Å². The van der Waals surface area contributed by atoms with Crippen LogP contribution in [-0.4, -0.2) is 23.0 Å². The standard InChI is InChI=1S/C9H6F3NO2/c10-6-1-5(3-13-4-6)7(14)2-8(15)9(11)12/h1,3-4,9H,2H2. The minimum Gasteiger partial charge on any atom is -0.294 e. The summed E-state index contributed by atoms with van der Waals surface area (Å²) in [5.74, 6) is -3.11. The largest absolute Gasteiger partial charge is 0.296 e. The van der Waals surface area contributed by atoms with E-state index in [4.69, 9.17) is 0 Å². The van der Waals surface area contributed by atoms with Gasteiger partial charge in [0.25, 0.3) is 6.43 Å². The van der Waals surface area contributed by atoms with Crippen LogP contribution in [0.3, 0.4) is 0 Å². The molecule has 1 rings (SSSR count). The van der Waals surface area contributed by atoms with E-state index in [1.54, 1.807) is 0 Å². The first kappa shape index (κ1) is 11.4. The van der Waals surface area contributed by atoms with Gasteiger partial charge in [0.15, 0.2) is 5.78 Å². The van der Waals surface area contributed by atoms with Gasteiger partial charge in [-0.05, 0) is 6.07 Å². The third-order valence-electron chi connectivity index (χ3n) is 1.61. The van der Waals surface area contributed by atoms with Crippen LogP contribution in [0.1, 0.15) is 16.8 Å². The summed E-state index contributed by atoms with van der Waals surface area (Å²) in [4.78, 5) is 25.0. The maximum Gasteiger partial charge on any atom is 0.296 e. The first-order valence-corrected chi connectivity index (χ1v) is 3.95. The van der Waals surface area contributed by atoms with Crippen LogP contribution in [0.15, 0.2) is 18.5 Å². The number of carbonyl (C=O) groups is 2. The summed E-state index contributed by atoms with van der Waals surface area (Å²) in [5, 5.41) is 0. The van der Waals surface area contributed by atoms with E-state index >= 15 is 0 Å². The topological polar surface area (TPSA) is 47.0 Å². The van der Waals surface area contributed by atoms with Crippen molar-refractivity contribution in [2.45, 2.75) is 12.8 Å². The zero-order chi connectivity index (χ0) is 11.4. The second-order valence-corrected chi connectivity index (χ2v) is 2.76. The van der Waals surface area contributed by atoms with Gasteiger partial charge in [-0.2, -0.15) is 0 Å². The Bertz CT molecular complexity index is 393. The van der Waals surface area contributed by atoms with Crippen LogP contribution in [0.4, 0.5) is 13.2 Å². The summed E-state index contributed by atoms with van der Waals surface area (Å²) in [6.45, 7) is 0. The van der Waals surface area contributed by atoms with Gasteiger partial charge in [-0.3, -0.25) is 14.6 Å². The molecule has 0 saturated heterocycles. The minimum absolute atomic E-state index is 0.191. The zero-order valence-electron chi connectivity index (χ0n) is 7.41. The van der Waals surface area contributed by atoms with Gasteiger partial charge in [-0.15, -0.1) is 0 Å². The molecule has 0 aliphatic rings. The van der Waals surface area contributed by atoms with Crippen molar-refractivity contribution in [1.29, 1.82) is 0 Å². The van der Waals surface area contributed by atoms with Crippen LogP contribution in [0, 0.1) is 5.82 Å². The molecule has 0 fully saturated rings. The number of aromatic nitrogens is 1. The molecule has 0 aliphatic carbocycles. The summed E-state index contributed by atoms with van der Waals surface area (Å²) < 4.78 is 36.2. The second-order valence-electron chi connectivity index (χ2n) is 2.76. The summed E-state index contributed by atoms with van der Waals surface area (Å²) in [5.41, 5.74) is -0.191. The number of halogens is 3. The maximum absolute atomic E-state index is 12.6. The van der Waals surface area contributed by atoms with Gasteiger partial charge < -0.3 is 0 Å². The van der Waals surface area contributed by atoms with Crippen molar-refractivity contribution in [3.63, 3.8) is 0 Å². The number of nitrogens with zero attached hydrogens (tertiary/aromatic N) is 1. The Morgan fingerprint density at radius 2 is 2.00 bits per heavy atom. The summed E-state index contributed by atoms with van der Waals surface area (Å²) >= 11 is 0. The molecule has 15 heavy (non-hydrogen) atoms. The average Bonchev–Trinajstić information content (AvgIpc) is 2.17.